The normalized spacial score (nSPS) is 10.7. The van der Waals surface area contributed by atoms with E-state index in [1.807, 2.05) is 24.3 Å². The Kier molecular flexibility index (Phi) is 2.42. The summed E-state index contributed by atoms with van der Waals surface area (Å²) in [6.45, 7) is 0. The molecule has 3 aromatic rings. The topological polar surface area (TPSA) is 99.3 Å². The van der Waals surface area contributed by atoms with Crippen molar-refractivity contribution in [2.75, 3.05) is 5.73 Å². The number of nitrogens with two attached hydrogens (primary N) is 2. The average molecular weight is 253 g/mol. The van der Waals surface area contributed by atoms with E-state index in [-0.39, 0.29) is 5.95 Å². The van der Waals surface area contributed by atoms with Gasteiger partial charge in [0.25, 0.3) is 0 Å². The van der Waals surface area contributed by atoms with Gasteiger partial charge in [-0.25, -0.2) is 4.52 Å². The summed E-state index contributed by atoms with van der Waals surface area (Å²) < 4.78 is 1.63. The van der Waals surface area contributed by atoms with Gasteiger partial charge >= 0.3 is 0 Å². The Balaban J connectivity index is 2.24. The van der Waals surface area contributed by atoms with Crippen LogP contribution in [-0.2, 0) is 0 Å². The van der Waals surface area contributed by atoms with Gasteiger partial charge in [-0.05, 0) is 24.3 Å². The highest BCUT2D eigenvalue weighted by Crippen LogP contribution is 2.21. The van der Waals surface area contributed by atoms with Crippen molar-refractivity contribution in [1.82, 2.24) is 14.6 Å². The molecule has 0 aliphatic carbocycles. The Bertz CT molecular complexity index is 778. The molecule has 0 saturated carbocycles. The van der Waals surface area contributed by atoms with Crippen LogP contribution in [0, 0.1) is 0 Å². The minimum Gasteiger partial charge on any atom is -0.366 e. The molecule has 0 atom stereocenters. The van der Waals surface area contributed by atoms with Crippen LogP contribution in [0.5, 0.6) is 0 Å². The summed E-state index contributed by atoms with van der Waals surface area (Å²) >= 11 is 0. The number of benzene rings is 1. The maximum Gasteiger partial charge on any atom is 0.248 e. The van der Waals surface area contributed by atoms with E-state index in [2.05, 4.69) is 10.1 Å². The van der Waals surface area contributed by atoms with Crippen molar-refractivity contribution in [3.63, 3.8) is 0 Å². The van der Waals surface area contributed by atoms with Crippen molar-refractivity contribution >= 4 is 17.5 Å². The molecule has 0 unspecified atom stereocenters. The zero-order chi connectivity index (χ0) is 13.4. The Morgan fingerprint density at radius 2 is 1.95 bits per heavy atom. The fourth-order valence-corrected chi connectivity index (χ4v) is 1.97. The molecule has 3 rings (SSSR count). The van der Waals surface area contributed by atoms with E-state index in [0.29, 0.717) is 11.2 Å². The van der Waals surface area contributed by atoms with Crippen LogP contribution in [0.2, 0.25) is 0 Å². The fourth-order valence-electron chi connectivity index (χ4n) is 1.97. The highest BCUT2D eigenvalue weighted by Gasteiger charge is 2.08. The summed E-state index contributed by atoms with van der Waals surface area (Å²) in [6.07, 6.45) is 0. The zero-order valence-electron chi connectivity index (χ0n) is 9.95. The number of aromatic nitrogens is 3. The quantitative estimate of drug-likeness (QED) is 0.713. The largest absolute Gasteiger partial charge is 0.366 e. The van der Waals surface area contributed by atoms with Crippen molar-refractivity contribution in [3.8, 4) is 11.3 Å². The molecule has 0 aliphatic rings. The molecule has 19 heavy (non-hydrogen) atoms. The summed E-state index contributed by atoms with van der Waals surface area (Å²) in [5.74, 6) is -0.259. The van der Waals surface area contributed by atoms with E-state index in [1.54, 1.807) is 22.7 Å². The third kappa shape index (κ3) is 1.89. The van der Waals surface area contributed by atoms with Gasteiger partial charge in [-0.1, -0.05) is 18.2 Å². The first-order valence-electron chi connectivity index (χ1n) is 5.66. The van der Waals surface area contributed by atoms with Gasteiger partial charge in [0.1, 0.15) is 0 Å². The number of carbonyl (C=O) groups excluding carboxylic acids is 1. The van der Waals surface area contributed by atoms with Crippen LogP contribution in [0.3, 0.4) is 0 Å². The summed E-state index contributed by atoms with van der Waals surface area (Å²) in [4.78, 5) is 15.3. The Morgan fingerprint density at radius 3 is 2.74 bits per heavy atom. The number of pyridine rings is 1. The van der Waals surface area contributed by atoms with Crippen LogP contribution >= 0.6 is 0 Å². The highest BCUT2D eigenvalue weighted by molar-refractivity contribution is 5.94. The van der Waals surface area contributed by atoms with Crippen LogP contribution in [0.4, 0.5) is 5.95 Å². The lowest BCUT2D eigenvalue weighted by atomic mass is 10.1. The molecule has 2 aromatic heterocycles. The van der Waals surface area contributed by atoms with Crippen molar-refractivity contribution in [2.24, 2.45) is 5.73 Å². The second-order valence-corrected chi connectivity index (χ2v) is 4.10. The van der Waals surface area contributed by atoms with Gasteiger partial charge in [0.15, 0.2) is 5.65 Å². The summed E-state index contributed by atoms with van der Waals surface area (Å²) in [5, 5.41) is 4.13. The van der Waals surface area contributed by atoms with E-state index in [9.17, 15) is 4.79 Å². The number of primary amides is 1. The van der Waals surface area contributed by atoms with E-state index >= 15 is 0 Å². The van der Waals surface area contributed by atoms with Gasteiger partial charge in [-0.3, -0.25) is 4.79 Å². The van der Waals surface area contributed by atoms with Crippen molar-refractivity contribution in [2.45, 2.75) is 0 Å². The molecule has 6 heteroatoms. The zero-order valence-corrected chi connectivity index (χ0v) is 9.95. The lowest BCUT2D eigenvalue weighted by Gasteiger charge is -2.05. The number of fused-ring (bicyclic) bond motifs is 1. The molecule has 4 N–H and O–H groups in total. The smallest absolute Gasteiger partial charge is 0.248 e. The van der Waals surface area contributed by atoms with Crippen LogP contribution in [-0.4, -0.2) is 20.5 Å². The molecule has 0 radical (unpaired) electrons. The SMILES string of the molecule is NC(=O)c1cccc(-c2cccc3nc(N)nn23)c1. The van der Waals surface area contributed by atoms with Gasteiger partial charge in [-0.2, -0.15) is 4.98 Å². The lowest BCUT2D eigenvalue weighted by molar-refractivity contribution is 0.100. The molecule has 0 fully saturated rings. The van der Waals surface area contributed by atoms with Crippen LogP contribution in [0.15, 0.2) is 42.5 Å². The van der Waals surface area contributed by atoms with E-state index in [4.69, 9.17) is 11.5 Å². The Morgan fingerprint density at radius 1 is 1.16 bits per heavy atom. The molecular formula is C13H11N5O. The average Bonchev–Trinajstić information content (AvgIpc) is 2.78. The number of hydrogen-bond acceptors (Lipinski definition) is 4. The summed E-state index contributed by atoms with van der Waals surface area (Å²) in [7, 11) is 0. The molecule has 0 bridgehead atoms. The molecule has 1 amide bonds. The number of hydrogen-bond donors (Lipinski definition) is 2. The third-order valence-electron chi connectivity index (χ3n) is 2.82. The number of nitrogens with zero attached hydrogens (tertiary/aromatic N) is 3. The monoisotopic (exact) mass is 253 g/mol. The minimum absolute atomic E-state index is 0.207. The summed E-state index contributed by atoms with van der Waals surface area (Å²) in [5.41, 5.74) is 13.6. The maximum atomic E-state index is 11.2. The van der Waals surface area contributed by atoms with Gasteiger partial charge in [0.2, 0.25) is 11.9 Å². The second kappa shape index (κ2) is 4.09. The molecule has 0 spiro atoms. The number of nitrogen functional groups attached to an aromatic ring is 1. The molecule has 2 heterocycles. The van der Waals surface area contributed by atoms with Crippen LogP contribution < -0.4 is 11.5 Å². The highest BCUT2D eigenvalue weighted by atomic mass is 16.1. The Hall–Kier alpha value is -2.89. The lowest BCUT2D eigenvalue weighted by Crippen LogP contribution is -2.10. The van der Waals surface area contributed by atoms with Gasteiger partial charge in [0, 0.05) is 11.1 Å². The minimum atomic E-state index is -0.466. The molecule has 94 valence electrons. The van der Waals surface area contributed by atoms with E-state index < -0.39 is 5.91 Å². The number of carbonyl (C=O) groups is 1. The van der Waals surface area contributed by atoms with Crippen molar-refractivity contribution < 1.29 is 4.79 Å². The first-order valence-corrected chi connectivity index (χ1v) is 5.66. The van der Waals surface area contributed by atoms with Crippen molar-refractivity contribution in [3.05, 3.63) is 48.0 Å². The van der Waals surface area contributed by atoms with Gasteiger partial charge in [0.05, 0.1) is 5.69 Å². The molecule has 6 nitrogen and oxygen atoms in total. The number of rotatable bonds is 2. The second-order valence-electron chi connectivity index (χ2n) is 4.10. The Labute approximate surface area is 108 Å². The predicted molar refractivity (Wildman–Crippen MR) is 71.4 cm³/mol. The van der Waals surface area contributed by atoms with Gasteiger partial charge in [-0.15, -0.1) is 5.10 Å². The van der Waals surface area contributed by atoms with Gasteiger partial charge < -0.3 is 11.5 Å². The summed E-state index contributed by atoms with van der Waals surface area (Å²) in [6, 6.07) is 12.6. The molecule has 1 aromatic carbocycles. The molecule has 0 aliphatic heterocycles. The number of amides is 1. The maximum absolute atomic E-state index is 11.2. The van der Waals surface area contributed by atoms with E-state index in [0.717, 1.165) is 11.3 Å². The van der Waals surface area contributed by atoms with E-state index in [1.165, 1.54) is 0 Å². The fraction of sp³-hybridized carbons (Fsp3) is 0. The first kappa shape index (κ1) is 11.2. The molecular weight excluding hydrogens is 242 g/mol. The number of anilines is 1. The third-order valence-corrected chi connectivity index (χ3v) is 2.82. The predicted octanol–water partition coefficient (Wildman–Crippen LogP) is 1.08. The van der Waals surface area contributed by atoms with Crippen molar-refractivity contribution in [1.29, 1.82) is 0 Å². The van der Waals surface area contributed by atoms with Crippen LogP contribution in [0.25, 0.3) is 16.9 Å². The first-order chi connectivity index (χ1) is 9.15. The molecule has 0 saturated heterocycles. The van der Waals surface area contributed by atoms with Crippen LogP contribution in [0.1, 0.15) is 10.4 Å². The standard InChI is InChI=1S/C13H11N5O/c14-12(19)9-4-1-3-8(7-9)10-5-2-6-11-16-13(15)17-18(10)11/h1-7H,(H2,14,19)(H2,15,17).